The van der Waals surface area contributed by atoms with Crippen molar-refractivity contribution in [2.24, 2.45) is 0 Å². The van der Waals surface area contributed by atoms with Gasteiger partial charge in [0.1, 0.15) is 12.7 Å². The third-order valence-electron chi connectivity index (χ3n) is 4.50. The molecule has 0 spiro atoms. The number of carbonyl (C=O) groups is 1. The van der Waals surface area contributed by atoms with Crippen LogP contribution in [0.5, 0.6) is 0 Å². The monoisotopic (exact) mass is 332 g/mol. The third kappa shape index (κ3) is 4.64. The van der Waals surface area contributed by atoms with Crippen LogP contribution >= 0.6 is 11.3 Å². The molecule has 0 aliphatic carbocycles. The molecule has 0 saturated carbocycles. The van der Waals surface area contributed by atoms with Gasteiger partial charge in [-0.25, -0.2) is 4.98 Å². The number of aryl methyl sites for hydroxylation is 2. The Bertz CT molecular complexity index is 582. The molecule has 2 aromatic rings. The Kier molecular flexibility index (Phi) is 5.80. The first kappa shape index (κ1) is 16.2. The number of amides is 1. The maximum Gasteiger partial charge on any atom is 0.222 e. The minimum atomic E-state index is 0.306. The molecule has 2 aromatic heterocycles. The van der Waals surface area contributed by atoms with Gasteiger partial charge in [0, 0.05) is 30.4 Å². The molecule has 0 N–H and O–H groups in total. The number of carbonyl (C=O) groups excluding carboxylic acids is 1. The van der Waals surface area contributed by atoms with Crippen molar-refractivity contribution in [1.29, 1.82) is 0 Å². The lowest BCUT2D eigenvalue weighted by molar-refractivity contribution is -0.135. The fourth-order valence-corrected chi connectivity index (χ4v) is 4.00. The fraction of sp³-hybridized carbons (Fsp3) is 0.588. The summed E-state index contributed by atoms with van der Waals surface area (Å²) in [5, 5.41) is 6.21. The zero-order valence-corrected chi connectivity index (χ0v) is 14.2. The van der Waals surface area contributed by atoms with Gasteiger partial charge in [-0.05, 0) is 50.0 Å². The largest absolute Gasteiger partial charge is 0.340 e. The molecule has 1 amide bonds. The van der Waals surface area contributed by atoms with Gasteiger partial charge in [0.25, 0.3) is 0 Å². The van der Waals surface area contributed by atoms with E-state index in [2.05, 4.69) is 32.5 Å². The number of piperidine rings is 1. The van der Waals surface area contributed by atoms with Crippen LogP contribution in [0.25, 0.3) is 0 Å². The topological polar surface area (TPSA) is 51.0 Å². The second-order valence-corrected chi connectivity index (χ2v) is 7.15. The lowest BCUT2D eigenvalue weighted by Crippen LogP contribution is -2.43. The summed E-state index contributed by atoms with van der Waals surface area (Å²) in [6.07, 6.45) is 10.4. The summed E-state index contributed by atoms with van der Waals surface area (Å²) in [5.74, 6) is 0.306. The van der Waals surface area contributed by atoms with Crippen molar-refractivity contribution in [3.05, 3.63) is 35.0 Å². The van der Waals surface area contributed by atoms with E-state index in [1.54, 1.807) is 11.0 Å². The second-order valence-electron chi connectivity index (χ2n) is 6.12. The summed E-state index contributed by atoms with van der Waals surface area (Å²) in [7, 11) is 0. The first-order valence-corrected chi connectivity index (χ1v) is 9.35. The van der Waals surface area contributed by atoms with Crippen molar-refractivity contribution in [1.82, 2.24) is 19.7 Å². The van der Waals surface area contributed by atoms with Gasteiger partial charge >= 0.3 is 0 Å². The summed E-state index contributed by atoms with van der Waals surface area (Å²) in [6, 6.07) is 4.72. The molecule has 1 aliphatic rings. The summed E-state index contributed by atoms with van der Waals surface area (Å²) in [4.78, 5) is 20.1. The summed E-state index contributed by atoms with van der Waals surface area (Å²) in [6.45, 7) is 1.69. The number of thiophene rings is 1. The molecule has 1 aliphatic heterocycles. The minimum Gasteiger partial charge on any atom is -0.340 e. The van der Waals surface area contributed by atoms with Crippen LogP contribution in [0.3, 0.4) is 0 Å². The van der Waals surface area contributed by atoms with E-state index >= 15 is 0 Å². The highest BCUT2D eigenvalue weighted by molar-refractivity contribution is 7.09. The Labute approximate surface area is 141 Å². The highest BCUT2D eigenvalue weighted by Crippen LogP contribution is 2.23. The van der Waals surface area contributed by atoms with Gasteiger partial charge in [0.2, 0.25) is 5.91 Å². The Morgan fingerprint density at radius 2 is 2.35 bits per heavy atom. The number of hydrogen-bond donors (Lipinski definition) is 0. The van der Waals surface area contributed by atoms with E-state index < -0.39 is 0 Å². The van der Waals surface area contributed by atoms with Crippen LogP contribution in [0.4, 0.5) is 0 Å². The summed E-state index contributed by atoms with van der Waals surface area (Å²) < 4.78 is 1.79. The van der Waals surface area contributed by atoms with Crippen molar-refractivity contribution in [3.63, 3.8) is 0 Å². The smallest absolute Gasteiger partial charge is 0.222 e. The zero-order valence-electron chi connectivity index (χ0n) is 13.4. The molecule has 23 heavy (non-hydrogen) atoms. The molecule has 1 fully saturated rings. The molecule has 0 radical (unpaired) electrons. The number of rotatable bonds is 7. The Morgan fingerprint density at radius 1 is 1.39 bits per heavy atom. The van der Waals surface area contributed by atoms with Gasteiger partial charge in [-0.3, -0.25) is 9.48 Å². The molecule has 1 saturated heterocycles. The molecule has 124 valence electrons. The zero-order chi connectivity index (χ0) is 15.9. The second kappa shape index (κ2) is 8.24. The number of hydrogen-bond acceptors (Lipinski definition) is 4. The lowest BCUT2D eigenvalue weighted by Gasteiger charge is -2.36. The average Bonchev–Trinajstić information content (AvgIpc) is 3.27. The first-order valence-electron chi connectivity index (χ1n) is 8.47. The van der Waals surface area contributed by atoms with Crippen LogP contribution in [0, 0.1) is 0 Å². The Hall–Kier alpha value is -1.69. The normalized spacial score (nSPS) is 18.3. The molecule has 3 heterocycles. The molecule has 5 nitrogen and oxygen atoms in total. The van der Waals surface area contributed by atoms with E-state index in [-0.39, 0.29) is 0 Å². The van der Waals surface area contributed by atoms with Crippen molar-refractivity contribution in [3.8, 4) is 0 Å². The first-order chi connectivity index (χ1) is 11.3. The van der Waals surface area contributed by atoms with Gasteiger partial charge in [0.15, 0.2) is 0 Å². The van der Waals surface area contributed by atoms with E-state index in [4.69, 9.17) is 0 Å². The third-order valence-corrected chi connectivity index (χ3v) is 5.43. The number of nitrogens with zero attached hydrogens (tertiary/aromatic N) is 4. The number of likely N-dealkylation sites (tertiary alicyclic amines) is 1. The minimum absolute atomic E-state index is 0.306. The number of aromatic nitrogens is 3. The average molecular weight is 332 g/mol. The predicted molar refractivity (Wildman–Crippen MR) is 91.2 cm³/mol. The van der Waals surface area contributed by atoms with Crippen molar-refractivity contribution < 1.29 is 4.79 Å². The van der Waals surface area contributed by atoms with Gasteiger partial charge < -0.3 is 4.90 Å². The Morgan fingerprint density at radius 3 is 3.13 bits per heavy atom. The van der Waals surface area contributed by atoms with Gasteiger partial charge in [-0.1, -0.05) is 6.07 Å². The molecule has 1 atom stereocenters. The van der Waals surface area contributed by atoms with Gasteiger partial charge in [-0.2, -0.15) is 5.10 Å². The van der Waals surface area contributed by atoms with Crippen LogP contribution in [0.2, 0.25) is 0 Å². The van der Waals surface area contributed by atoms with Gasteiger partial charge in [0.05, 0.1) is 0 Å². The van der Waals surface area contributed by atoms with E-state index in [1.165, 1.54) is 17.6 Å². The Balaban J connectivity index is 1.47. The van der Waals surface area contributed by atoms with Crippen LogP contribution < -0.4 is 0 Å². The molecule has 0 aromatic carbocycles. The predicted octanol–water partition coefficient (Wildman–Crippen LogP) is 3.13. The maximum absolute atomic E-state index is 12.6. The molecule has 0 unspecified atom stereocenters. The molecule has 6 heteroatoms. The summed E-state index contributed by atoms with van der Waals surface area (Å²) >= 11 is 1.81. The highest BCUT2D eigenvalue weighted by atomic mass is 32.1. The quantitative estimate of drug-likeness (QED) is 0.783. The fourth-order valence-electron chi connectivity index (χ4n) is 3.28. The van der Waals surface area contributed by atoms with E-state index in [9.17, 15) is 4.79 Å². The van der Waals surface area contributed by atoms with Crippen molar-refractivity contribution >= 4 is 17.2 Å². The molecular formula is C17H24N4OS. The van der Waals surface area contributed by atoms with Gasteiger partial charge in [-0.15, -0.1) is 11.3 Å². The van der Waals surface area contributed by atoms with Crippen LogP contribution in [0.15, 0.2) is 30.2 Å². The lowest BCUT2D eigenvalue weighted by atomic mass is 9.97. The van der Waals surface area contributed by atoms with E-state index in [0.717, 1.165) is 45.2 Å². The summed E-state index contributed by atoms with van der Waals surface area (Å²) in [5.41, 5.74) is 0. The van der Waals surface area contributed by atoms with Crippen LogP contribution in [-0.4, -0.2) is 38.2 Å². The highest BCUT2D eigenvalue weighted by Gasteiger charge is 2.25. The van der Waals surface area contributed by atoms with Crippen LogP contribution in [0.1, 0.15) is 43.4 Å². The van der Waals surface area contributed by atoms with Crippen LogP contribution in [-0.2, 0) is 17.8 Å². The van der Waals surface area contributed by atoms with Crippen molar-refractivity contribution in [2.45, 2.75) is 57.5 Å². The van der Waals surface area contributed by atoms with Crippen molar-refractivity contribution in [2.75, 3.05) is 6.54 Å². The standard InChI is InChI=1S/C17H24N4OS/c22-17(7-3-10-20-14-18-13-19-20)21-11-2-1-5-15(21)8-9-16-6-4-12-23-16/h4,6,12-15H,1-3,5,7-11H2/t15-/m1/s1. The molecule has 0 bridgehead atoms. The maximum atomic E-state index is 12.6. The molecule has 3 rings (SSSR count). The molecular weight excluding hydrogens is 308 g/mol. The van der Waals surface area contributed by atoms with E-state index in [1.807, 2.05) is 11.3 Å². The van der Waals surface area contributed by atoms with E-state index in [0.29, 0.717) is 18.4 Å². The SMILES string of the molecule is O=C(CCCn1cncn1)N1CCCC[C@@H]1CCc1cccs1.